The molecular formula is C23H24ClN5O5S. The molecule has 3 N–H and O–H groups in total. The molecule has 2 aromatic carbocycles. The number of piperazine rings is 1. The van der Waals surface area contributed by atoms with Crippen LogP contribution in [-0.4, -0.2) is 73.6 Å². The van der Waals surface area contributed by atoms with E-state index in [9.17, 15) is 18.0 Å². The van der Waals surface area contributed by atoms with Crippen molar-refractivity contribution >= 4 is 50.2 Å². The van der Waals surface area contributed by atoms with Gasteiger partial charge in [0.1, 0.15) is 16.9 Å². The Hall–Kier alpha value is -3.41. The first kappa shape index (κ1) is 24.7. The fraction of sp³-hybridized carbons (Fsp3) is 0.261. The molecule has 3 aromatic rings. The molecule has 0 bridgehead atoms. The molecule has 12 heteroatoms. The molecule has 0 spiro atoms. The normalized spacial score (nSPS) is 17.7. The number of nitrogens with two attached hydrogens (primary N) is 1. The second-order valence-corrected chi connectivity index (χ2v) is 10.4. The molecule has 2 heterocycles. The number of halogens is 1. The SMILES string of the molecule is CN=C(N)c1ccc(CN2C(=O)CN(S(=O)(=O)c3cc4cc(Cl)ccc4[nH]3)C[C@@H]2C(=O)OC)cc1. The van der Waals surface area contributed by atoms with E-state index >= 15 is 0 Å². The Labute approximate surface area is 207 Å². The van der Waals surface area contributed by atoms with E-state index in [0.717, 1.165) is 15.4 Å². The fourth-order valence-electron chi connectivity index (χ4n) is 3.95. The number of benzene rings is 2. The Morgan fingerprint density at radius 3 is 2.60 bits per heavy atom. The first-order valence-electron chi connectivity index (χ1n) is 10.6. The molecule has 0 aliphatic carbocycles. The summed E-state index contributed by atoms with van der Waals surface area (Å²) in [6.45, 7) is -0.565. The maximum atomic E-state index is 13.4. The van der Waals surface area contributed by atoms with Crippen molar-refractivity contribution in [3.05, 3.63) is 64.7 Å². The standard InChI is InChI=1S/C23H24ClN5O5S/c1-26-22(25)15-5-3-14(4-6-15)11-29-19(23(31)34-2)12-28(13-21(29)30)35(32,33)20-10-16-9-17(24)7-8-18(16)27-20/h3-10,19,27H,11-13H2,1-2H3,(H2,25,26)/t19-/m1/s1. The van der Waals surface area contributed by atoms with Crippen LogP contribution in [0.2, 0.25) is 5.02 Å². The van der Waals surface area contributed by atoms with Crippen LogP contribution >= 0.6 is 11.6 Å². The summed E-state index contributed by atoms with van der Waals surface area (Å²) < 4.78 is 32.6. The van der Waals surface area contributed by atoms with Crippen molar-refractivity contribution in [2.75, 3.05) is 27.2 Å². The molecule has 1 aromatic heterocycles. The maximum absolute atomic E-state index is 13.4. The lowest BCUT2D eigenvalue weighted by Crippen LogP contribution is -2.60. The number of carbonyl (C=O) groups excluding carboxylic acids is 2. The van der Waals surface area contributed by atoms with E-state index in [4.69, 9.17) is 22.1 Å². The minimum absolute atomic E-state index is 0.0922. The van der Waals surface area contributed by atoms with Crippen LogP contribution in [0.3, 0.4) is 0 Å². The molecule has 1 atom stereocenters. The number of aromatic amines is 1. The maximum Gasteiger partial charge on any atom is 0.329 e. The summed E-state index contributed by atoms with van der Waals surface area (Å²) >= 11 is 6.01. The Balaban J connectivity index is 1.60. The van der Waals surface area contributed by atoms with Crippen LogP contribution in [0.15, 0.2) is 58.5 Å². The van der Waals surface area contributed by atoms with Crippen LogP contribution < -0.4 is 5.73 Å². The van der Waals surface area contributed by atoms with Gasteiger partial charge >= 0.3 is 5.97 Å². The van der Waals surface area contributed by atoms with Gasteiger partial charge < -0.3 is 20.4 Å². The summed E-state index contributed by atoms with van der Waals surface area (Å²) in [5.41, 5.74) is 7.87. The van der Waals surface area contributed by atoms with Crippen LogP contribution in [0.5, 0.6) is 0 Å². The summed E-state index contributed by atoms with van der Waals surface area (Å²) in [5.74, 6) is -0.855. The number of esters is 1. The Bertz CT molecular complexity index is 1420. The first-order valence-corrected chi connectivity index (χ1v) is 12.4. The third-order valence-corrected chi connectivity index (χ3v) is 7.85. The number of H-pyrrole nitrogens is 1. The third-order valence-electron chi connectivity index (χ3n) is 5.88. The van der Waals surface area contributed by atoms with Gasteiger partial charge in [-0.2, -0.15) is 4.31 Å². The molecule has 35 heavy (non-hydrogen) atoms. The number of hydrogen-bond donors (Lipinski definition) is 2. The largest absolute Gasteiger partial charge is 0.467 e. The predicted octanol–water partition coefficient (Wildman–Crippen LogP) is 1.73. The van der Waals surface area contributed by atoms with Crippen molar-refractivity contribution in [3.63, 3.8) is 0 Å². The van der Waals surface area contributed by atoms with E-state index < -0.39 is 34.5 Å². The van der Waals surface area contributed by atoms with Crippen LogP contribution in [0.1, 0.15) is 11.1 Å². The second kappa shape index (κ2) is 9.68. The molecule has 1 fully saturated rings. The Morgan fingerprint density at radius 1 is 1.23 bits per heavy atom. The lowest BCUT2D eigenvalue weighted by molar-refractivity contribution is -0.157. The number of fused-ring (bicyclic) bond motifs is 1. The zero-order chi connectivity index (χ0) is 25.3. The molecule has 1 saturated heterocycles. The van der Waals surface area contributed by atoms with E-state index in [0.29, 0.717) is 21.8 Å². The van der Waals surface area contributed by atoms with Gasteiger partial charge in [0.15, 0.2) is 0 Å². The molecule has 0 saturated carbocycles. The van der Waals surface area contributed by atoms with Crippen molar-refractivity contribution in [1.29, 1.82) is 0 Å². The van der Waals surface area contributed by atoms with Gasteiger partial charge in [0.25, 0.3) is 10.0 Å². The number of aliphatic imine (C=N–C) groups is 1. The van der Waals surface area contributed by atoms with Crippen molar-refractivity contribution in [1.82, 2.24) is 14.2 Å². The molecule has 4 rings (SSSR count). The number of carbonyl (C=O) groups is 2. The molecule has 10 nitrogen and oxygen atoms in total. The number of sulfonamides is 1. The lowest BCUT2D eigenvalue weighted by atomic mass is 10.1. The van der Waals surface area contributed by atoms with Crippen molar-refractivity contribution in [2.45, 2.75) is 17.6 Å². The van der Waals surface area contributed by atoms with E-state index in [2.05, 4.69) is 9.98 Å². The van der Waals surface area contributed by atoms with Crippen molar-refractivity contribution < 1.29 is 22.7 Å². The highest BCUT2D eigenvalue weighted by atomic mass is 35.5. The summed E-state index contributed by atoms with van der Waals surface area (Å²) in [6.07, 6.45) is 0. The van der Waals surface area contributed by atoms with Gasteiger partial charge in [-0.3, -0.25) is 9.79 Å². The Morgan fingerprint density at radius 2 is 1.94 bits per heavy atom. The van der Waals surface area contributed by atoms with Crippen molar-refractivity contribution in [3.8, 4) is 0 Å². The van der Waals surface area contributed by atoms with E-state index in [-0.39, 0.29) is 18.1 Å². The van der Waals surface area contributed by atoms with Gasteiger partial charge in [0.05, 0.1) is 13.7 Å². The molecule has 1 amide bonds. The second-order valence-electron chi connectivity index (χ2n) is 8.03. The van der Waals surface area contributed by atoms with Crippen LogP contribution in [0, 0.1) is 0 Å². The summed E-state index contributed by atoms with van der Waals surface area (Å²) in [5, 5.41) is 0.987. The number of ether oxygens (including phenoxy) is 1. The number of aromatic nitrogens is 1. The monoisotopic (exact) mass is 517 g/mol. The molecule has 1 aliphatic rings. The minimum atomic E-state index is -4.11. The number of methoxy groups -OCH3 is 1. The highest BCUT2D eigenvalue weighted by Crippen LogP contribution is 2.27. The highest BCUT2D eigenvalue weighted by molar-refractivity contribution is 7.89. The third kappa shape index (κ3) is 4.88. The molecule has 0 radical (unpaired) electrons. The van der Waals surface area contributed by atoms with Gasteiger partial charge in [-0.05, 0) is 29.8 Å². The van der Waals surface area contributed by atoms with Crippen LogP contribution in [-0.2, 0) is 30.9 Å². The van der Waals surface area contributed by atoms with Gasteiger partial charge in [-0.15, -0.1) is 0 Å². The average Bonchev–Trinajstić information content (AvgIpc) is 3.28. The molecular weight excluding hydrogens is 494 g/mol. The number of nitrogens with one attached hydrogen (secondary N) is 1. The number of hydrogen-bond acceptors (Lipinski definition) is 6. The highest BCUT2D eigenvalue weighted by Gasteiger charge is 2.42. The van der Waals surface area contributed by atoms with Crippen molar-refractivity contribution in [2.24, 2.45) is 10.7 Å². The smallest absolute Gasteiger partial charge is 0.329 e. The van der Waals surface area contributed by atoms with Gasteiger partial charge in [-0.1, -0.05) is 35.9 Å². The first-order chi connectivity index (χ1) is 16.6. The van der Waals surface area contributed by atoms with Gasteiger partial charge in [-0.25, -0.2) is 13.2 Å². The van der Waals surface area contributed by atoms with Gasteiger partial charge in [0.2, 0.25) is 5.91 Å². The molecule has 1 aliphatic heterocycles. The predicted molar refractivity (Wildman–Crippen MR) is 132 cm³/mol. The fourth-order valence-corrected chi connectivity index (χ4v) is 5.54. The Kier molecular flexibility index (Phi) is 6.84. The topological polar surface area (TPSA) is 138 Å². The van der Waals surface area contributed by atoms with E-state index in [1.54, 1.807) is 49.5 Å². The lowest BCUT2D eigenvalue weighted by Gasteiger charge is -2.38. The van der Waals surface area contributed by atoms with E-state index in [1.807, 2.05) is 0 Å². The van der Waals surface area contributed by atoms with E-state index in [1.165, 1.54) is 18.1 Å². The van der Waals surface area contributed by atoms with Gasteiger partial charge in [0, 0.05) is 41.6 Å². The summed E-state index contributed by atoms with van der Waals surface area (Å²) in [4.78, 5) is 33.8. The molecule has 184 valence electrons. The average molecular weight is 518 g/mol. The number of amidine groups is 1. The number of nitrogens with zero attached hydrogens (tertiary/aromatic N) is 3. The zero-order valence-electron chi connectivity index (χ0n) is 19.1. The minimum Gasteiger partial charge on any atom is -0.467 e. The summed E-state index contributed by atoms with van der Waals surface area (Å²) in [7, 11) is -1.33. The number of rotatable bonds is 6. The van der Waals surface area contributed by atoms with Crippen LogP contribution in [0.25, 0.3) is 10.9 Å². The zero-order valence-corrected chi connectivity index (χ0v) is 20.6. The summed E-state index contributed by atoms with van der Waals surface area (Å²) in [6, 6.07) is 12.4. The molecule has 0 unspecified atom stereocenters. The number of amides is 1. The quantitative estimate of drug-likeness (QED) is 0.290. The van der Waals surface area contributed by atoms with Crippen LogP contribution in [0.4, 0.5) is 0 Å².